The Morgan fingerprint density at radius 3 is 2.84 bits per heavy atom. The van der Waals surface area contributed by atoms with Crippen molar-refractivity contribution in [2.45, 2.75) is 57.6 Å². The number of rotatable bonds is 7. The van der Waals surface area contributed by atoms with Crippen LogP contribution in [-0.4, -0.2) is 49.1 Å². The molecule has 1 aromatic carbocycles. The van der Waals surface area contributed by atoms with Gasteiger partial charge in [-0.3, -0.25) is 9.59 Å². The average molecular weight is 515 g/mol. The first-order valence-electron chi connectivity index (χ1n) is 12.8. The fraction of sp³-hybridized carbons (Fsp3) is 0.357. The number of nitrogens with zero attached hydrogens (tertiary/aromatic N) is 5. The zero-order chi connectivity index (χ0) is 26.4. The van der Waals surface area contributed by atoms with Gasteiger partial charge in [-0.25, -0.2) is 24.0 Å². The Labute approximate surface area is 218 Å². The highest BCUT2D eigenvalue weighted by atomic mass is 19.1. The molecular formula is C28H27FN6O3. The second-order valence-corrected chi connectivity index (χ2v) is 10.3. The minimum Gasteiger partial charge on any atom is -0.378 e. The number of hydrogen-bond donors (Lipinski definition) is 1. The number of anilines is 1. The third-order valence-electron chi connectivity index (χ3n) is 7.31. The van der Waals surface area contributed by atoms with Gasteiger partial charge in [0.05, 0.1) is 23.4 Å². The maximum Gasteiger partial charge on any atom is 0.235 e. The number of Topliss-reactive ketones (excluding diaryl/α,β-unsaturated/α-hetero) is 1. The van der Waals surface area contributed by atoms with Gasteiger partial charge in [0.25, 0.3) is 0 Å². The van der Waals surface area contributed by atoms with Gasteiger partial charge in [-0.15, -0.1) is 0 Å². The molecule has 2 aliphatic rings. The molecule has 4 aromatic rings. The topological polar surface area (TPSA) is 112 Å². The predicted octanol–water partition coefficient (Wildman–Crippen LogP) is 4.45. The summed E-state index contributed by atoms with van der Waals surface area (Å²) in [5.74, 6) is -0.243. The summed E-state index contributed by atoms with van der Waals surface area (Å²) in [4.78, 5) is 40.2. The number of amides is 1. The number of carbonyl (C=O) groups is 2. The highest BCUT2D eigenvalue weighted by molar-refractivity contribution is 6.09. The minimum absolute atomic E-state index is 0.0603. The summed E-state index contributed by atoms with van der Waals surface area (Å²) in [5, 5.41) is 8.19. The molecule has 3 aromatic heterocycles. The Bertz CT molecular complexity index is 1570. The van der Waals surface area contributed by atoms with Crippen LogP contribution in [0, 0.1) is 5.82 Å². The van der Waals surface area contributed by atoms with Crippen LogP contribution < -0.4 is 5.32 Å². The smallest absolute Gasteiger partial charge is 0.235 e. The van der Waals surface area contributed by atoms with Gasteiger partial charge >= 0.3 is 0 Å². The monoisotopic (exact) mass is 514 g/mol. The fourth-order valence-electron chi connectivity index (χ4n) is 5.18. The van der Waals surface area contributed by atoms with Crippen molar-refractivity contribution < 1.29 is 18.7 Å². The number of aromatic nitrogens is 5. The molecule has 0 spiro atoms. The fourth-order valence-corrected chi connectivity index (χ4v) is 5.18. The highest BCUT2D eigenvalue weighted by Crippen LogP contribution is 2.40. The standard InChI is InChI=1S/C28H27FN6O3/c1-28(2)21-23(20(36)12-11-17-8-6-14-38-17)31-25(32-24(21)33-27(28)37)22-18-9-5-13-30-26(18)35(34-22)15-16-7-3-4-10-19(16)29/h3-5,7,9-10,13,17H,6,8,11-12,14-15H2,1-2H3,(H,31,32,33,37). The maximum atomic E-state index is 14.4. The zero-order valence-electron chi connectivity index (χ0n) is 21.2. The van der Waals surface area contributed by atoms with Gasteiger partial charge in [-0.1, -0.05) is 18.2 Å². The van der Waals surface area contributed by atoms with Gasteiger partial charge in [0, 0.05) is 30.4 Å². The van der Waals surface area contributed by atoms with E-state index < -0.39 is 5.41 Å². The van der Waals surface area contributed by atoms with E-state index in [0.29, 0.717) is 46.7 Å². The molecule has 6 rings (SSSR count). The lowest BCUT2D eigenvalue weighted by Crippen LogP contribution is -2.28. The van der Waals surface area contributed by atoms with E-state index in [1.807, 2.05) is 6.07 Å². The van der Waals surface area contributed by atoms with Gasteiger partial charge in [-0.05, 0) is 51.3 Å². The number of hydrogen-bond acceptors (Lipinski definition) is 7. The Balaban J connectivity index is 1.45. The van der Waals surface area contributed by atoms with Crippen LogP contribution in [0.3, 0.4) is 0 Å². The van der Waals surface area contributed by atoms with Crippen LogP contribution in [0.2, 0.25) is 0 Å². The molecular weight excluding hydrogens is 487 g/mol. The summed E-state index contributed by atoms with van der Waals surface area (Å²) in [6.45, 7) is 4.39. The van der Waals surface area contributed by atoms with Crippen molar-refractivity contribution in [3.63, 3.8) is 0 Å². The molecule has 0 aliphatic carbocycles. The lowest BCUT2D eigenvalue weighted by molar-refractivity contribution is -0.119. The highest BCUT2D eigenvalue weighted by Gasteiger charge is 2.44. The number of carbonyl (C=O) groups excluding carboxylic acids is 2. The Kier molecular flexibility index (Phi) is 5.98. The van der Waals surface area contributed by atoms with Gasteiger partial charge < -0.3 is 10.1 Å². The molecule has 1 N–H and O–H groups in total. The van der Waals surface area contributed by atoms with Crippen LogP contribution in [0.5, 0.6) is 0 Å². The lowest BCUT2D eigenvalue weighted by atomic mass is 9.84. The quantitative estimate of drug-likeness (QED) is 0.363. The first-order chi connectivity index (χ1) is 18.3. The van der Waals surface area contributed by atoms with Crippen molar-refractivity contribution in [3.8, 4) is 11.5 Å². The average Bonchev–Trinajstić information content (AvgIpc) is 3.61. The van der Waals surface area contributed by atoms with Gasteiger partial charge in [0.1, 0.15) is 23.0 Å². The number of pyridine rings is 1. The molecule has 5 heterocycles. The molecule has 0 radical (unpaired) electrons. The first-order valence-corrected chi connectivity index (χ1v) is 12.8. The van der Waals surface area contributed by atoms with E-state index in [1.54, 1.807) is 49.0 Å². The zero-order valence-corrected chi connectivity index (χ0v) is 21.2. The van der Waals surface area contributed by atoms with Crippen molar-refractivity contribution >= 4 is 28.5 Å². The molecule has 194 valence electrons. The van der Waals surface area contributed by atoms with Crippen LogP contribution in [0.15, 0.2) is 42.6 Å². The summed E-state index contributed by atoms with van der Waals surface area (Å²) >= 11 is 0. The van der Waals surface area contributed by atoms with Crippen LogP contribution >= 0.6 is 0 Å². The minimum atomic E-state index is -0.962. The first kappa shape index (κ1) is 24.3. The van der Waals surface area contributed by atoms with E-state index in [1.165, 1.54) is 6.07 Å². The van der Waals surface area contributed by atoms with E-state index in [4.69, 9.17) is 14.8 Å². The van der Waals surface area contributed by atoms with E-state index in [-0.39, 0.29) is 48.1 Å². The van der Waals surface area contributed by atoms with Crippen LogP contribution in [-0.2, 0) is 21.5 Å². The normalized spacial score (nSPS) is 18.1. The summed E-state index contributed by atoms with van der Waals surface area (Å²) in [6, 6.07) is 10.1. The Morgan fingerprint density at radius 1 is 1.21 bits per heavy atom. The molecule has 1 saturated heterocycles. The second kappa shape index (κ2) is 9.36. The van der Waals surface area contributed by atoms with Crippen LogP contribution in [0.25, 0.3) is 22.6 Å². The van der Waals surface area contributed by atoms with Crippen molar-refractivity contribution in [1.82, 2.24) is 24.7 Å². The van der Waals surface area contributed by atoms with E-state index >= 15 is 0 Å². The van der Waals surface area contributed by atoms with E-state index in [0.717, 1.165) is 12.8 Å². The largest absolute Gasteiger partial charge is 0.378 e. The maximum absolute atomic E-state index is 14.4. The molecule has 38 heavy (non-hydrogen) atoms. The number of fused-ring (bicyclic) bond motifs is 2. The third kappa shape index (κ3) is 4.14. The summed E-state index contributed by atoms with van der Waals surface area (Å²) in [5.41, 5.74) is 1.15. The molecule has 2 aliphatic heterocycles. The lowest BCUT2D eigenvalue weighted by Gasteiger charge is -2.18. The van der Waals surface area contributed by atoms with Crippen LogP contribution in [0.4, 0.5) is 10.2 Å². The molecule has 1 atom stereocenters. The molecule has 1 unspecified atom stereocenters. The van der Waals surface area contributed by atoms with E-state index in [2.05, 4.69) is 15.3 Å². The van der Waals surface area contributed by atoms with Crippen molar-refractivity contribution in [3.05, 3.63) is 65.2 Å². The molecule has 1 fully saturated rings. The number of benzene rings is 1. The Morgan fingerprint density at radius 2 is 2.05 bits per heavy atom. The number of ether oxygens (including phenoxy) is 1. The SMILES string of the molecule is CC1(C)C(=O)Nc2nc(-c3nn(Cc4ccccc4F)c4ncccc34)nc(C(=O)CCC3CCCO3)c21. The van der Waals surface area contributed by atoms with E-state index in [9.17, 15) is 14.0 Å². The summed E-state index contributed by atoms with van der Waals surface area (Å²) in [6.07, 6.45) is 4.47. The van der Waals surface area contributed by atoms with Crippen molar-refractivity contribution in [2.24, 2.45) is 0 Å². The van der Waals surface area contributed by atoms with Gasteiger partial charge in [0.2, 0.25) is 5.91 Å². The molecule has 9 nitrogen and oxygen atoms in total. The molecule has 10 heteroatoms. The molecule has 1 amide bonds. The number of halogens is 1. The summed E-state index contributed by atoms with van der Waals surface area (Å²) in [7, 11) is 0. The van der Waals surface area contributed by atoms with Crippen molar-refractivity contribution in [1.29, 1.82) is 0 Å². The third-order valence-corrected chi connectivity index (χ3v) is 7.31. The number of ketones is 1. The number of nitrogens with one attached hydrogen (secondary N) is 1. The molecule has 0 bridgehead atoms. The van der Waals surface area contributed by atoms with Crippen LogP contribution in [0.1, 0.15) is 61.1 Å². The van der Waals surface area contributed by atoms with Gasteiger partial charge in [-0.2, -0.15) is 5.10 Å². The molecule has 0 saturated carbocycles. The van der Waals surface area contributed by atoms with Gasteiger partial charge in [0.15, 0.2) is 17.3 Å². The Hall–Kier alpha value is -4.05. The predicted molar refractivity (Wildman–Crippen MR) is 138 cm³/mol. The van der Waals surface area contributed by atoms with Crippen molar-refractivity contribution in [2.75, 3.05) is 11.9 Å². The second-order valence-electron chi connectivity index (χ2n) is 10.3. The summed E-state index contributed by atoms with van der Waals surface area (Å²) < 4.78 is 21.7.